The monoisotopic (exact) mass is 346 g/mol. The maximum Gasteiger partial charge on any atom is 0.137 e. The van der Waals surface area contributed by atoms with Gasteiger partial charge in [-0.05, 0) is 36.4 Å². The first-order chi connectivity index (χ1) is 9.63. The summed E-state index contributed by atoms with van der Waals surface area (Å²) in [5.74, 6) is 1.35. The summed E-state index contributed by atoms with van der Waals surface area (Å²) in [6, 6.07) is 11.4. The van der Waals surface area contributed by atoms with Crippen molar-refractivity contribution in [2.75, 3.05) is 14.2 Å². The molecule has 0 saturated carbocycles. The third-order valence-corrected chi connectivity index (χ3v) is 5.45. The molecule has 6 heteroatoms. The Bertz CT molecular complexity index is 552. The molecular weight excluding hydrogens is 335 g/mol. The second kappa shape index (κ2) is 7.36. The number of hydrogen-bond acceptors (Lipinski definition) is 4. The van der Waals surface area contributed by atoms with Crippen molar-refractivity contribution in [1.29, 1.82) is 0 Å². The molecule has 0 radical (unpaired) electrons. The van der Waals surface area contributed by atoms with Crippen molar-refractivity contribution in [1.82, 2.24) is 0 Å². The number of halogens is 2. The molecule has 2 aromatic rings. The lowest BCUT2D eigenvalue weighted by Crippen LogP contribution is -1.84. The molecule has 106 valence electrons. The van der Waals surface area contributed by atoms with Gasteiger partial charge in [0.15, 0.2) is 0 Å². The van der Waals surface area contributed by atoms with Crippen LogP contribution < -0.4 is 9.47 Å². The Labute approximate surface area is 136 Å². The van der Waals surface area contributed by atoms with Crippen LogP contribution in [0, 0.1) is 0 Å². The molecule has 0 heterocycles. The van der Waals surface area contributed by atoms with Gasteiger partial charge in [0.25, 0.3) is 0 Å². The predicted octanol–water partition coefficient (Wildman–Crippen LogP) is 5.81. The van der Waals surface area contributed by atoms with Crippen LogP contribution in [0.15, 0.2) is 46.2 Å². The molecule has 0 unspecified atom stereocenters. The first kappa shape index (κ1) is 15.7. The number of benzene rings is 2. The zero-order valence-electron chi connectivity index (χ0n) is 10.9. The largest absolute Gasteiger partial charge is 0.495 e. The van der Waals surface area contributed by atoms with E-state index in [1.54, 1.807) is 35.8 Å². The highest BCUT2D eigenvalue weighted by Gasteiger charge is 2.05. The van der Waals surface area contributed by atoms with Crippen LogP contribution in [0.1, 0.15) is 0 Å². The maximum absolute atomic E-state index is 6.09. The van der Waals surface area contributed by atoms with E-state index >= 15 is 0 Å². The Morgan fingerprint density at radius 3 is 1.45 bits per heavy atom. The lowest BCUT2D eigenvalue weighted by atomic mass is 10.3. The van der Waals surface area contributed by atoms with E-state index in [1.807, 2.05) is 36.4 Å². The second-order valence-electron chi connectivity index (χ2n) is 3.76. The lowest BCUT2D eigenvalue weighted by molar-refractivity contribution is 0.414. The van der Waals surface area contributed by atoms with E-state index in [9.17, 15) is 0 Å². The van der Waals surface area contributed by atoms with Crippen molar-refractivity contribution >= 4 is 44.8 Å². The van der Waals surface area contributed by atoms with Crippen LogP contribution in [0.25, 0.3) is 0 Å². The summed E-state index contributed by atoms with van der Waals surface area (Å²) in [7, 11) is 6.41. The molecule has 0 aliphatic heterocycles. The maximum atomic E-state index is 6.09. The van der Waals surface area contributed by atoms with Gasteiger partial charge in [0, 0.05) is 9.79 Å². The van der Waals surface area contributed by atoms with Crippen LogP contribution in [0.5, 0.6) is 11.5 Å². The molecule has 0 saturated heterocycles. The van der Waals surface area contributed by atoms with E-state index in [1.165, 1.54) is 0 Å². The third-order valence-electron chi connectivity index (χ3n) is 2.48. The molecule has 0 bridgehead atoms. The highest BCUT2D eigenvalue weighted by molar-refractivity contribution is 8.76. The fourth-order valence-electron chi connectivity index (χ4n) is 1.49. The molecule has 0 fully saturated rings. The van der Waals surface area contributed by atoms with Crippen LogP contribution in [-0.2, 0) is 0 Å². The zero-order chi connectivity index (χ0) is 14.5. The highest BCUT2D eigenvalue weighted by atomic mass is 35.5. The number of hydrogen-bond donors (Lipinski definition) is 0. The average Bonchev–Trinajstić information content (AvgIpc) is 2.45. The van der Waals surface area contributed by atoms with Gasteiger partial charge in [-0.1, -0.05) is 44.8 Å². The molecule has 0 aliphatic rings. The first-order valence-corrected chi connectivity index (χ1v) is 8.56. The van der Waals surface area contributed by atoms with Crippen molar-refractivity contribution in [2.45, 2.75) is 9.79 Å². The molecule has 2 rings (SSSR count). The van der Waals surface area contributed by atoms with Gasteiger partial charge in [-0.25, -0.2) is 0 Å². The molecule has 20 heavy (non-hydrogen) atoms. The number of ether oxygens (including phenoxy) is 2. The van der Waals surface area contributed by atoms with Crippen molar-refractivity contribution in [3.8, 4) is 11.5 Å². The predicted molar refractivity (Wildman–Crippen MR) is 87.7 cm³/mol. The highest BCUT2D eigenvalue weighted by Crippen LogP contribution is 2.41. The van der Waals surface area contributed by atoms with Gasteiger partial charge in [-0.15, -0.1) is 0 Å². The van der Waals surface area contributed by atoms with Gasteiger partial charge in [0.1, 0.15) is 11.5 Å². The Kier molecular flexibility index (Phi) is 5.78. The molecule has 0 aliphatic carbocycles. The Hall–Kier alpha value is -0.680. The van der Waals surface area contributed by atoms with Crippen molar-refractivity contribution in [2.24, 2.45) is 0 Å². The summed E-state index contributed by atoms with van der Waals surface area (Å²) < 4.78 is 10.2. The minimum atomic E-state index is 0.603. The molecule has 0 amide bonds. The second-order valence-corrected chi connectivity index (χ2v) is 6.85. The minimum Gasteiger partial charge on any atom is -0.495 e. The number of rotatable bonds is 5. The topological polar surface area (TPSA) is 18.5 Å². The van der Waals surface area contributed by atoms with Gasteiger partial charge in [0.05, 0.1) is 24.3 Å². The molecule has 0 N–H and O–H groups in total. The zero-order valence-corrected chi connectivity index (χ0v) is 14.0. The molecule has 2 aromatic carbocycles. The fraction of sp³-hybridized carbons (Fsp3) is 0.143. The van der Waals surface area contributed by atoms with Crippen molar-refractivity contribution < 1.29 is 9.47 Å². The van der Waals surface area contributed by atoms with Gasteiger partial charge in [-0.3, -0.25) is 0 Å². The third kappa shape index (κ3) is 3.92. The SMILES string of the molecule is COc1ccc(SSc2ccc(OC)c(Cl)c2)cc1Cl. The molecule has 0 aromatic heterocycles. The van der Waals surface area contributed by atoms with E-state index in [2.05, 4.69) is 0 Å². The van der Waals surface area contributed by atoms with Crippen molar-refractivity contribution in [3.05, 3.63) is 46.4 Å². The van der Waals surface area contributed by atoms with Gasteiger partial charge in [0.2, 0.25) is 0 Å². The summed E-state index contributed by atoms with van der Waals surface area (Å²) in [5, 5.41) is 1.21. The first-order valence-electron chi connectivity index (χ1n) is 5.65. The Morgan fingerprint density at radius 1 is 0.750 bits per heavy atom. The van der Waals surface area contributed by atoms with E-state index in [0.29, 0.717) is 21.5 Å². The van der Waals surface area contributed by atoms with Crippen molar-refractivity contribution in [3.63, 3.8) is 0 Å². The van der Waals surface area contributed by atoms with E-state index in [-0.39, 0.29) is 0 Å². The van der Waals surface area contributed by atoms with Crippen LogP contribution in [-0.4, -0.2) is 14.2 Å². The Balaban J connectivity index is 2.05. The molecular formula is C14H12Cl2O2S2. The van der Waals surface area contributed by atoms with E-state index in [4.69, 9.17) is 32.7 Å². The minimum absolute atomic E-state index is 0.603. The number of methoxy groups -OCH3 is 2. The summed E-state index contributed by atoms with van der Waals surface area (Å²) in [4.78, 5) is 2.10. The van der Waals surface area contributed by atoms with E-state index in [0.717, 1.165) is 9.79 Å². The van der Waals surface area contributed by atoms with Crippen LogP contribution in [0.3, 0.4) is 0 Å². The molecule has 2 nitrogen and oxygen atoms in total. The van der Waals surface area contributed by atoms with E-state index < -0.39 is 0 Å². The quantitative estimate of drug-likeness (QED) is 0.635. The molecule has 0 atom stereocenters. The van der Waals surface area contributed by atoms with Crippen LogP contribution in [0.4, 0.5) is 0 Å². The average molecular weight is 347 g/mol. The summed E-state index contributed by atoms with van der Waals surface area (Å²) >= 11 is 12.2. The standard InChI is InChI=1S/C14H12Cl2O2S2/c1-17-13-5-3-9(7-11(13)15)19-20-10-4-6-14(18-2)12(16)8-10/h3-8H,1-2H3. The lowest BCUT2D eigenvalue weighted by Gasteiger charge is -2.07. The summed E-state index contributed by atoms with van der Waals surface area (Å²) in [6.45, 7) is 0. The van der Waals surface area contributed by atoms with Crippen LogP contribution >= 0.6 is 44.8 Å². The normalized spacial score (nSPS) is 10.4. The summed E-state index contributed by atoms with van der Waals surface area (Å²) in [5.41, 5.74) is 0. The van der Waals surface area contributed by atoms with Crippen LogP contribution in [0.2, 0.25) is 10.0 Å². The smallest absolute Gasteiger partial charge is 0.137 e. The fourth-order valence-corrected chi connectivity index (χ4v) is 4.11. The van der Waals surface area contributed by atoms with Gasteiger partial charge >= 0.3 is 0 Å². The summed E-state index contributed by atoms with van der Waals surface area (Å²) in [6.07, 6.45) is 0. The Morgan fingerprint density at radius 2 is 1.15 bits per heavy atom. The van der Waals surface area contributed by atoms with Gasteiger partial charge in [-0.2, -0.15) is 0 Å². The molecule has 0 spiro atoms. The van der Waals surface area contributed by atoms with Gasteiger partial charge < -0.3 is 9.47 Å².